The summed E-state index contributed by atoms with van der Waals surface area (Å²) in [6, 6.07) is 14.4. The van der Waals surface area contributed by atoms with E-state index < -0.39 is 0 Å². The van der Waals surface area contributed by atoms with Crippen molar-refractivity contribution in [3.63, 3.8) is 0 Å². The molecule has 2 rings (SSSR count). The highest BCUT2D eigenvalue weighted by Gasteiger charge is 2.15. The molecule has 0 radical (unpaired) electrons. The Labute approximate surface area is 118 Å². The number of ether oxygens (including phenoxy) is 2. The molecule has 0 aliphatic heterocycles. The van der Waals surface area contributed by atoms with Gasteiger partial charge in [-0.25, -0.2) is 0 Å². The molecule has 0 saturated carbocycles. The summed E-state index contributed by atoms with van der Waals surface area (Å²) in [5.41, 5.74) is 7.34. The first-order chi connectivity index (χ1) is 9.65. The molecular formula is C16H16N2O2. The lowest BCUT2D eigenvalue weighted by molar-refractivity contribution is 0.397. The number of benzene rings is 2. The molecule has 0 fully saturated rings. The molecule has 0 amide bonds. The Hall–Kier alpha value is -2.51. The average Bonchev–Trinajstić information content (AvgIpc) is 2.46. The normalized spacial score (nSPS) is 11.5. The quantitative estimate of drug-likeness (QED) is 0.923. The van der Waals surface area contributed by atoms with E-state index in [1.54, 1.807) is 31.4 Å². The van der Waals surface area contributed by atoms with Crippen molar-refractivity contribution in [1.29, 1.82) is 5.26 Å². The van der Waals surface area contributed by atoms with Gasteiger partial charge >= 0.3 is 0 Å². The highest BCUT2D eigenvalue weighted by Crippen LogP contribution is 2.35. The Morgan fingerprint density at radius 3 is 2.50 bits per heavy atom. The van der Waals surface area contributed by atoms with Crippen molar-refractivity contribution < 1.29 is 9.47 Å². The zero-order valence-corrected chi connectivity index (χ0v) is 11.5. The van der Waals surface area contributed by atoms with Crippen LogP contribution in [0.3, 0.4) is 0 Å². The molecule has 2 N–H and O–H groups in total. The van der Waals surface area contributed by atoms with Gasteiger partial charge in [-0.15, -0.1) is 0 Å². The van der Waals surface area contributed by atoms with Gasteiger partial charge in [-0.05, 0) is 37.3 Å². The lowest BCUT2D eigenvalue weighted by Gasteiger charge is -2.17. The molecule has 0 heterocycles. The molecule has 0 aliphatic rings. The molecule has 20 heavy (non-hydrogen) atoms. The maximum absolute atomic E-state index is 8.91. The van der Waals surface area contributed by atoms with Gasteiger partial charge in [0.05, 0.1) is 24.3 Å². The van der Waals surface area contributed by atoms with Crippen LogP contribution < -0.4 is 15.2 Å². The van der Waals surface area contributed by atoms with Crippen LogP contribution in [0, 0.1) is 11.3 Å². The van der Waals surface area contributed by atoms with Gasteiger partial charge in [0.2, 0.25) is 0 Å². The minimum absolute atomic E-state index is 0.222. The number of nitrogens with zero attached hydrogens (tertiary/aromatic N) is 1. The highest BCUT2D eigenvalue weighted by molar-refractivity contribution is 5.49. The summed E-state index contributed by atoms with van der Waals surface area (Å²) in [4.78, 5) is 0. The zero-order chi connectivity index (χ0) is 14.5. The molecule has 0 spiro atoms. The molecule has 4 nitrogen and oxygen atoms in total. The van der Waals surface area contributed by atoms with E-state index >= 15 is 0 Å². The summed E-state index contributed by atoms with van der Waals surface area (Å²) < 4.78 is 11.2. The van der Waals surface area contributed by atoms with E-state index in [0.717, 1.165) is 5.56 Å². The van der Waals surface area contributed by atoms with E-state index in [0.29, 0.717) is 22.8 Å². The fraction of sp³-hybridized carbons (Fsp3) is 0.188. The van der Waals surface area contributed by atoms with E-state index in [-0.39, 0.29) is 6.04 Å². The second-order valence-electron chi connectivity index (χ2n) is 4.40. The van der Waals surface area contributed by atoms with Crippen molar-refractivity contribution in [1.82, 2.24) is 0 Å². The molecule has 0 saturated heterocycles. The van der Waals surface area contributed by atoms with Crippen LogP contribution >= 0.6 is 0 Å². The first-order valence-electron chi connectivity index (χ1n) is 6.26. The van der Waals surface area contributed by atoms with Crippen molar-refractivity contribution in [3.8, 4) is 23.3 Å². The van der Waals surface area contributed by atoms with Crippen LogP contribution in [-0.2, 0) is 0 Å². The van der Waals surface area contributed by atoms with Gasteiger partial charge in [-0.3, -0.25) is 0 Å². The number of nitrogens with two attached hydrogens (primary N) is 1. The summed E-state index contributed by atoms with van der Waals surface area (Å²) in [5, 5.41) is 8.91. The van der Waals surface area contributed by atoms with Gasteiger partial charge in [-0.1, -0.05) is 12.1 Å². The van der Waals surface area contributed by atoms with Gasteiger partial charge in [0.15, 0.2) is 0 Å². The van der Waals surface area contributed by atoms with Crippen LogP contribution in [0.15, 0.2) is 42.5 Å². The molecule has 0 unspecified atom stereocenters. The molecular weight excluding hydrogens is 252 g/mol. The SMILES string of the molecule is COc1cccc(Oc2cccc(C#N)c2)c1[C@H](C)N. The monoisotopic (exact) mass is 268 g/mol. The third-order valence-electron chi connectivity index (χ3n) is 2.89. The fourth-order valence-corrected chi connectivity index (χ4v) is 2.00. The summed E-state index contributed by atoms with van der Waals surface area (Å²) >= 11 is 0. The molecule has 0 bridgehead atoms. The number of methoxy groups -OCH3 is 1. The van der Waals surface area contributed by atoms with Crippen molar-refractivity contribution in [3.05, 3.63) is 53.6 Å². The first-order valence-corrected chi connectivity index (χ1v) is 6.26. The summed E-state index contributed by atoms with van der Waals surface area (Å²) in [5.74, 6) is 1.92. The van der Waals surface area contributed by atoms with Crippen molar-refractivity contribution in [2.45, 2.75) is 13.0 Å². The van der Waals surface area contributed by atoms with Gasteiger partial charge in [0, 0.05) is 6.04 Å². The molecule has 0 aromatic heterocycles. The number of nitriles is 1. The zero-order valence-electron chi connectivity index (χ0n) is 11.5. The second kappa shape index (κ2) is 6.09. The number of rotatable bonds is 4. The predicted molar refractivity (Wildman–Crippen MR) is 76.8 cm³/mol. The van der Waals surface area contributed by atoms with Crippen LogP contribution in [0.1, 0.15) is 24.1 Å². The molecule has 4 heteroatoms. The summed E-state index contributed by atoms with van der Waals surface area (Å²) in [7, 11) is 1.60. The van der Waals surface area contributed by atoms with Crippen LogP contribution in [0.4, 0.5) is 0 Å². The van der Waals surface area contributed by atoms with E-state index in [4.69, 9.17) is 20.5 Å². The topological polar surface area (TPSA) is 68.3 Å². The lowest BCUT2D eigenvalue weighted by atomic mass is 10.1. The van der Waals surface area contributed by atoms with E-state index in [2.05, 4.69) is 6.07 Å². The van der Waals surface area contributed by atoms with Crippen molar-refractivity contribution in [2.24, 2.45) is 5.73 Å². The Kier molecular flexibility index (Phi) is 4.24. The van der Waals surface area contributed by atoms with Crippen LogP contribution in [0.25, 0.3) is 0 Å². The van der Waals surface area contributed by atoms with Gasteiger partial charge in [0.1, 0.15) is 17.2 Å². The van der Waals surface area contributed by atoms with Gasteiger partial charge < -0.3 is 15.2 Å². The molecule has 0 aliphatic carbocycles. The lowest BCUT2D eigenvalue weighted by Crippen LogP contribution is -2.08. The smallest absolute Gasteiger partial charge is 0.135 e. The predicted octanol–water partition coefficient (Wildman–Crippen LogP) is 3.38. The highest BCUT2D eigenvalue weighted by atomic mass is 16.5. The average molecular weight is 268 g/mol. The first kappa shape index (κ1) is 13.9. The van der Waals surface area contributed by atoms with E-state index in [1.807, 2.05) is 25.1 Å². The summed E-state index contributed by atoms with van der Waals surface area (Å²) in [6.07, 6.45) is 0. The largest absolute Gasteiger partial charge is 0.496 e. The third-order valence-corrected chi connectivity index (χ3v) is 2.89. The Bertz CT molecular complexity index is 645. The maximum atomic E-state index is 8.91. The van der Waals surface area contributed by atoms with Crippen LogP contribution in [0.5, 0.6) is 17.2 Å². The van der Waals surface area contributed by atoms with E-state index in [1.165, 1.54) is 0 Å². The van der Waals surface area contributed by atoms with Crippen LogP contribution in [0.2, 0.25) is 0 Å². The molecule has 2 aromatic rings. The van der Waals surface area contributed by atoms with Gasteiger partial charge in [-0.2, -0.15) is 5.26 Å². The molecule has 1 atom stereocenters. The Balaban J connectivity index is 2.40. The van der Waals surface area contributed by atoms with Gasteiger partial charge in [0.25, 0.3) is 0 Å². The van der Waals surface area contributed by atoms with Crippen LogP contribution in [-0.4, -0.2) is 7.11 Å². The summed E-state index contributed by atoms with van der Waals surface area (Å²) in [6.45, 7) is 1.87. The standard InChI is InChI=1S/C16H16N2O2/c1-11(18)16-14(19-2)7-4-8-15(16)20-13-6-3-5-12(9-13)10-17/h3-9,11H,18H2,1-2H3/t11-/m0/s1. The number of hydrogen-bond acceptors (Lipinski definition) is 4. The van der Waals surface area contributed by atoms with Crippen molar-refractivity contribution in [2.75, 3.05) is 7.11 Å². The minimum Gasteiger partial charge on any atom is -0.496 e. The molecule has 102 valence electrons. The second-order valence-corrected chi connectivity index (χ2v) is 4.40. The Morgan fingerprint density at radius 1 is 1.15 bits per heavy atom. The number of hydrogen-bond donors (Lipinski definition) is 1. The third kappa shape index (κ3) is 2.90. The Morgan fingerprint density at radius 2 is 1.85 bits per heavy atom. The maximum Gasteiger partial charge on any atom is 0.135 e. The minimum atomic E-state index is -0.222. The molecule has 2 aromatic carbocycles. The fourth-order valence-electron chi connectivity index (χ4n) is 2.00. The van der Waals surface area contributed by atoms with Crippen molar-refractivity contribution >= 4 is 0 Å². The van der Waals surface area contributed by atoms with E-state index in [9.17, 15) is 0 Å².